The molecule has 4 aromatic heterocycles. The van der Waals surface area contributed by atoms with Gasteiger partial charge in [0, 0.05) is 38.4 Å². The molecule has 4 aromatic rings. The minimum absolute atomic E-state index is 0.0826. The van der Waals surface area contributed by atoms with Gasteiger partial charge in [0.05, 0.1) is 11.1 Å². The lowest BCUT2D eigenvalue weighted by Crippen LogP contribution is -2.16. The van der Waals surface area contributed by atoms with Crippen LogP contribution in [0.1, 0.15) is 38.9 Å². The molecule has 0 radical (unpaired) electrons. The quantitative estimate of drug-likeness (QED) is 0.449. The fraction of sp³-hybridized carbons (Fsp3) is 0.333. The first-order valence-electron chi connectivity index (χ1n) is 9.84. The van der Waals surface area contributed by atoms with Gasteiger partial charge in [-0.1, -0.05) is 0 Å². The van der Waals surface area contributed by atoms with Crippen LogP contribution in [0.4, 0.5) is 5.13 Å². The second-order valence-electron chi connectivity index (χ2n) is 7.46. The number of H-pyrrole nitrogens is 1. The van der Waals surface area contributed by atoms with E-state index in [4.69, 9.17) is 0 Å². The summed E-state index contributed by atoms with van der Waals surface area (Å²) in [6, 6.07) is 2.12. The van der Waals surface area contributed by atoms with Gasteiger partial charge in [0.25, 0.3) is 5.56 Å². The molecule has 2 N–H and O–H groups in total. The van der Waals surface area contributed by atoms with Gasteiger partial charge in [-0.15, -0.1) is 34.0 Å². The Morgan fingerprint density at radius 2 is 2.10 bits per heavy atom. The van der Waals surface area contributed by atoms with Gasteiger partial charge in [0.15, 0.2) is 5.13 Å². The fourth-order valence-corrected chi connectivity index (χ4v) is 6.86. The number of fused-ring (bicyclic) bond motifs is 3. The van der Waals surface area contributed by atoms with E-state index in [9.17, 15) is 9.59 Å². The lowest BCUT2D eigenvalue weighted by atomic mass is 10.2. The maximum atomic E-state index is 12.5. The van der Waals surface area contributed by atoms with Crippen molar-refractivity contribution in [3.8, 4) is 11.3 Å². The number of carbonyl (C=O) groups is 1. The third kappa shape index (κ3) is 3.61. The van der Waals surface area contributed by atoms with E-state index in [1.165, 1.54) is 31.5 Å². The Bertz CT molecular complexity index is 1330. The summed E-state index contributed by atoms with van der Waals surface area (Å²) >= 11 is 4.78. The molecule has 1 aliphatic carbocycles. The van der Waals surface area contributed by atoms with E-state index in [2.05, 4.69) is 40.2 Å². The van der Waals surface area contributed by atoms with E-state index < -0.39 is 0 Å². The molecule has 0 spiro atoms. The molecule has 154 valence electrons. The Hall–Kier alpha value is -2.36. The summed E-state index contributed by atoms with van der Waals surface area (Å²) < 4.78 is 0. The molecule has 0 saturated carbocycles. The number of aromatic amines is 1. The minimum Gasteiger partial charge on any atom is -0.310 e. The number of nitrogens with one attached hydrogen (secondary N) is 2. The number of aromatic nitrogens is 3. The van der Waals surface area contributed by atoms with Gasteiger partial charge in [0.1, 0.15) is 10.7 Å². The van der Waals surface area contributed by atoms with Crippen molar-refractivity contribution < 1.29 is 4.79 Å². The van der Waals surface area contributed by atoms with Gasteiger partial charge in [0.2, 0.25) is 5.91 Å². The number of carbonyl (C=O) groups excluding carboxylic acids is 1. The average Bonchev–Trinajstić information content (AvgIpc) is 3.44. The number of rotatable bonds is 5. The SMILES string of the molecule is Cc1cc(-c2csc(NC(=O)CCc3nc4sc5c(c4c(=O)[nH]3)CCC5)n2)c(C)s1. The predicted octanol–water partition coefficient (Wildman–Crippen LogP) is 4.85. The third-order valence-electron chi connectivity index (χ3n) is 5.28. The largest absolute Gasteiger partial charge is 0.310 e. The minimum atomic E-state index is -0.134. The highest BCUT2D eigenvalue weighted by Gasteiger charge is 2.21. The molecule has 5 rings (SSSR count). The molecule has 9 heteroatoms. The molecule has 0 aromatic carbocycles. The number of hydrogen-bond acceptors (Lipinski definition) is 7. The van der Waals surface area contributed by atoms with E-state index in [0.717, 1.165) is 40.7 Å². The van der Waals surface area contributed by atoms with Crippen LogP contribution in [0.15, 0.2) is 16.2 Å². The molecule has 0 fully saturated rings. The first kappa shape index (κ1) is 19.6. The average molecular weight is 457 g/mol. The van der Waals surface area contributed by atoms with Crippen molar-refractivity contribution in [2.24, 2.45) is 0 Å². The molecule has 0 bridgehead atoms. The predicted molar refractivity (Wildman–Crippen MR) is 124 cm³/mol. The number of aryl methyl sites for hydroxylation is 5. The topological polar surface area (TPSA) is 87.7 Å². The monoisotopic (exact) mass is 456 g/mol. The molecule has 0 atom stereocenters. The Morgan fingerprint density at radius 1 is 1.23 bits per heavy atom. The Kier molecular flexibility index (Phi) is 5.04. The first-order chi connectivity index (χ1) is 14.5. The van der Waals surface area contributed by atoms with Crippen LogP contribution in [0.5, 0.6) is 0 Å². The maximum absolute atomic E-state index is 12.5. The summed E-state index contributed by atoms with van der Waals surface area (Å²) in [4.78, 5) is 41.5. The normalized spacial score (nSPS) is 13.1. The molecular weight excluding hydrogens is 436 g/mol. The van der Waals surface area contributed by atoms with Crippen LogP contribution < -0.4 is 10.9 Å². The standard InChI is InChI=1S/C21H20N4O2S3/c1-10-8-13(11(2)29-10)14-9-28-21(22-14)25-17(26)7-6-16-23-19(27)18-12-4-3-5-15(12)30-20(18)24-16/h8-9H,3-7H2,1-2H3,(H,22,25,26)(H,23,24,27). The van der Waals surface area contributed by atoms with Gasteiger partial charge in [-0.05, 0) is 44.7 Å². The zero-order chi connectivity index (χ0) is 20.8. The van der Waals surface area contributed by atoms with Gasteiger partial charge >= 0.3 is 0 Å². The Labute approximate surface area is 185 Å². The van der Waals surface area contributed by atoms with E-state index in [1.807, 2.05) is 5.38 Å². The molecule has 1 aliphatic rings. The van der Waals surface area contributed by atoms with Gasteiger partial charge < -0.3 is 10.3 Å². The molecule has 0 aliphatic heterocycles. The lowest BCUT2D eigenvalue weighted by molar-refractivity contribution is -0.116. The summed E-state index contributed by atoms with van der Waals surface area (Å²) in [5.41, 5.74) is 3.09. The van der Waals surface area contributed by atoms with E-state index in [1.54, 1.807) is 22.7 Å². The van der Waals surface area contributed by atoms with E-state index in [-0.39, 0.29) is 17.9 Å². The number of nitrogens with zero attached hydrogens (tertiary/aromatic N) is 2. The highest BCUT2D eigenvalue weighted by Crippen LogP contribution is 2.35. The molecule has 1 amide bonds. The summed E-state index contributed by atoms with van der Waals surface area (Å²) in [7, 11) is 0. The zero-order valence-electron chi connectivity index (χ0n) is 16.6. The summed E-state index contributed by atoms with van der Waals surface area (Å²) in [5.74, 6) is 0.428. The molecule has 30 heavy (non-hydrogen) atoms. The summed E-state index contributed by atoms with van der Waals surface area (Å²) in [6.07, 6.45) is 3.74. The number of thiazole rings is 1. The zero-order valence-corrected chi connectivity index (χ0v) is 19.1. The maximum Gasteiger partial charge on any atom is 0.259 e. The van der Waals surface area contributed by atoms with Crippen LogP contribution in [0.25, 0.3) is 21.5 Å². The van der Waals surface area contributed by atoms with Crippen LogP contribution in [0.2, 0.25) is 0 Å². The highest BCUT2D eigenvalue weighted by atomic mass is 32.1. The smallest absolute Gasteiger partial charge is 0.259 e. The molecule has 0 unspecified atom stereocenters. The van der Waals surface area contributed by atoms with Crippen LogP contribution >= 0.6 is 34.0 Å². The van der Waals surface area contributed by atoms with Crippen LogP contribution in [-0.4, -0.2) is 20.9 Å². The van der Waals surface area contributed by atoms with Crippen molar-refractivity contribution in [3.05, 3.63) is 47.8 Å². The number of amides is 1. The molecular formula is C21H20N4O2S3. The van der Waals surface area contributed by atoms with Crippen LogP contribution in [-0.2, 0) is 24.1 Å². The van der Waals surface area contributed by atoms with Crippen molar-refractivity contribution in [2.45, 2.75) is 46.0 Å². The first-order valence-corrected chi connectivity index (χ1v) is 12.4. The number of anilines is 1. The van der Waals surface area contributed by atoms with Gasteiger partial charge in [-0.3, -0.25) is 9.59 Å². The third-order valence-corrected chi connectivity index (χ3v) is 8.19. The van der Waals surface area contributed by atoms with E-state index in [0.29, 0.717) is 17.4 Å². The summed E-state index contributed by atoms with van der Waals surface area (Å²) in [5, 5.41) is 6.17. The Morgan fingerprint density at radius 3 is 2.90 bits per heavy atom. The van der Waals surface area contributed by atoms with Gasteiger partial charge in [-0.2, -0.15) is 0 Å². The lowest BCUT2D eigenvalue weighted by Gasteiger charge is -2.03. The number of thiophene rings is 2. The van der Waals surface area contributed by atoms with E-state index >= 15 is 0 Å². The molecule has 0 saturated heterocycles. The molecule has 4 heterocycles. The molecule has 6 nitrogen and oxygen atoms in total. The van der Waals surface area contributed by atoms with Crippen molar-refractivity contribution in [3.63, 3.8) is 0 Å². The van der Waals surface area contributed by atoms with Crippen molar-refractivity contribution in [2.75, 3.05) is 5.32 Å². The van der Waals surface area contributed by atoms with Crippen molar-refractivity contribution in [1.29, 1.82) is 0 Å². The second kappa shape index (κ2) is 7.72. The highest BCUT2D eigenvalue weighted by molar-refractivity contribution is 7.18. The van der Waals surface area contributed by atoms with Crippen LogP contribution in [0.3, 0.4) is 0 Å². The summed E-state index contributed by atoms with van der Waals surface area (Å²) in [6.45, 7) is 4.16. The van der Waals surface area contributed by atoms with Crippen molar-refractivity contribution in [1.82, 2.24) is 15.0 Å². The van der Waals surface area contributed by atoms with Crippen LogP contribution in [0, 0.1) is 13.8 Å². The van der Waals surface area contributed by atoms with Gasteiger partial charge in [-0.25, -0.2) is 9.97 Å². The number of hydrogen-bond donors (Lipinski definition) is 2. The second-order valence-corrected chi connectivity index (χ2v) is 10.9. The van der Waals surface area contributed by atoms with Crippen molar-refractivity contribution >= 4 is 55.3 Å². The Balaban J connectivity index is 1.26. The fourth-order valence-electron chi connectivity index (χ4n) is 3.92.